The molecule has 1 saturated heterocycles. The van der Waals surface area contributed by atoms with Crippen LogP contribution in [0.5, 0.6) is 0 Å². The van der Waals surface area contributed by atoms with Gasteiger partial charge in [0.25, 0.3) is 0 Å². The fraction of sp³-hybridized carbons (Fsp3) is 0.182. The van der Waals surface area contributed by atoms with Gasteiger partial charge in [-0.2, -0.15) is 0 Å². The summed E-state index contributed by atoms with van der Waals surface area (Å²) in [6.45, 7) is 3.47. The highest BCUT2D eigenvalue weighted by Crippen LogP contribution is 2.32. The van der Waals surface area contributed by atoms with Crippen molar-refractivity contribution in [2.24, 2.45) is 0 Å². The molecule has 1 aliphatic rings. The number of nitrogens with zero attached hydrogens (tertiary/aromatic N) is 3. The molecule has 0 bridgehead atoms. The molecule has 0 aliphatic carbocycles. The number of hydrogen-bond donors (Lipinski definition) is 1. The van der Waals surface area contributed by atoms with E-state index in [2.05, 4.69) is 69.1 Å². The second-order valence-corrected chi connectivity index (χ2v) is 7.59. The van der Waals surface area contributed by atoms with Crippen molar-refractivity contribution in [3.63, 3.8) is 0 Å². The fourth-order valence-corrected chi connectivity index (χ4v) is 4.37. The van der Waals surface area contributed by atoms with E-state index >= 15 is 0 Å². The first-order valence-corrected chi connectivity index (χ1v) is 10.2. The van der Waals surface area contributed by atoms with E-state index in [1.807, 2.05) is 6.07 Å². The van der Waals surface area contributed by atoms with Crippen LogP contribution in [0.15, 0.2) is 66.2 Å². The number of morpholine rings is 1. The second kappa shape index (κ2) is 7.58. The monoisotopic (exact) mass is 388 g/mol. The van der Waals surface area contributed by atoms with Crippen molar-refractivity contribution in [2.75, 3.05) is 36.5 Å². The predicted octanol–water partition coefficient (Wildman–Crippen LogP) is 4.94. The molecule has 2 aromatic carbocycles. The minimum Gasteiger partial charge on any atom is -0.378 e. The molecule has 140 valence electrons. The Balaban J connectivity index is 1.37. The molecule has 6 heteroatoms. The molecule has 5 rings (SSSR count). The molecule has 4 aromatic rings. The first-order chi connectivity index (χ1) is 13.9. The topological polar surface area (TPSA) is 50.3 Å². The van der Waals surface area contributed by atoms with E-state index in [1.165, 1.54) is 15.8 Å². The summed E-state index contributed by atoms with van der Waals surface area (Å²) in [5, 5.41) is 6.71. The van der Waals surface area contributed by atoms with E-state index in [0.717, 1.165) is 49.2 Å². The van der Waals surface area contributed by atoms with Crippen LogP contribution in [0.4, 0.5) is 17.2 Å². The Hall–Kier alpha value is -2.96. The van der Waals surface area contributed by atoms with E-state index in [-0.39, 0.29) is 0 Å². The van der Waals surface area contributed by atoms with Gasteiger partial charge in [-0.3, -0.25) is 0 Å². The van der Waals surface area contributed by atoms with Crippen LogP contribution in [0.2, 0.25) is 0 Å². The molecule has 0 radical (unpaired) electrons. The molecule has 1 N–H and O–H groups in total. The van der Waals surface area contributed by atoms with Gasteiger partial charge in [0.2, 0.25) is 0 Å². The minimum absolute atomic E-state index is 0.743. The number of aromatic nitrogens is 2. The van der Waals surface area contributed by atoms with Crippen molar-refractivity contribution < 1.29 is 4.74 Å². The van der Waals surface area contributed by atoms with Gasteiger partial charge in [0, 0.05) is 51.7 Å². The van der Waals surface area contributed by atoms with Gasteiger partial charge in [0.1, 0.15) is 5.82 Å². The second-order valence-electron chi connectivity index (χ2n) is 6.68. The van der Waals surface area contributed by atoms with Gasteiger partial charge in [0.05, 0.1) is 13.2 Å². The summed E-state index contributed by atoms with van der Waals surface area (Å²) in [7, 11) is 0. The number of benzene rings is 2. The predicted molar refractivity (Wildman–Crippen MR) is 116 cm³/mol. The van der Waals surface area contributed by atoms with Gasteiger partial charge in [-0.1, -0.05) is 18.2 Å². The summed E-state index contributed by atoms with van der Waals surface area (Å²) in [6.07, 6.45) is 1.80. The Morgan fingerprint density at radius 3 is 2.64 bits per heavy atom. The van der Waals surface area contributed by atoms with E-state index in [0.29, 0.717) is 0 Å². The van der Waals surface area contributed by atoms with Crippen LogP contribution in [0.25, 0.3) is 21.5 Å². The number of thiophene rings is 1. The highest BCUT2D eigenvalue weighted by atomic mass is 32.1. The normalized spacial score (nSPS) is 14.4. The maximum atomic E-state index is 5.43. The standard InChI is InChI=1S/C22H20N4OS/c1-2-4-20-18(3-1)19(15-28-20)22-23-10-9-21(25-22)24-16-5-7-17(8-6-16)26-11-13-27-14-12-26/h1-10,15H,11-14H2,(H,23,24,25). The summed E-state index contributed by atoms with van der Waals surface area (Å²) in [5.41, 5.74) is 3.31. The lowest BCUT2D eigenvalue weighted by atomic mass is 10.1. The fourth-order valence-electron chi connectivity index (χ4n) is 3.43. The first-order valence-electron chi connectivity index (χ1n) is 9.36. The van der Waals surface area contributed by atoms with Crippen molar-refractivity contribution in [2.45, 2.75) is 0 Å². The molecule has 2 aromatic heterocycles. The zero-order valence-electron chi connectivity index (χ0n) is 15.3. The van der Waals surface area contributed by atoms with Crippen LogP contribution in [0.1, 0.15) is 0 Å². The van der Waals surface area contributed by atoms with Crippen LogP contribution < -0.4 is 10.2 Å². The molecule has 0 atom stereocenters. The Bertz CT molecular complexity index is 1090. The smallest absolute Gasteiger partial charge is 0.162 e. The van der Waals surface area contributed by atoms with Crippen LogP contribution in [-0.4, -0.2) is 36.3 Å². The van der Waals surface area contributed by atoms with Gasteiger partial charge >= 0.3 is 0 Å². The van der Waals surface area contributed by atoms with E-state index in [1.54, 1.807) is 17.5 Å². The highest BCUT2D eigenvalue weighted by Gasteiger charge is 2.12. The van der Waals surface area contributed by atoms with Crippen LogP contribution in [0.3, 0.4) is 0 Å². The average Bonchev–Trinajstić information content (AvgIpc) is 3.19. The van der Waals surface area contributed by atoms with Crippen molar-refractivity contribution in [3.05, 3.63) is 66.2 Å². The average molecular weight is 388 g/mol. The number of rotatable bonds is 4. The van der Waals surface area contributed by atoms with E-state index in [9.17, 15) is 0 Å². The number of hydrogen-bond acceptors (Lipinski definition) is 6. The lowest BCUT2D eigenvalue weighted by molar-refractivity contribution is 0.122. The summed E-state index contributed by atoms with van der Waals surface area (Å²) in [5.74, 6) is 1.53. The number of ether oxygens (including phenoxy) is 1. The van der Waals surface area contributed by atoms with Crippen molar-refractivity contribution >= 4 is 38.6 Å². The summed E-state index contributed by atoms with van der Waals surface area (Å²) in [6, 6.07) is 18.7. The molecule has 0 saturated carbocycles. The van der Waals surface area contributed by atoms with E-state index < -0.39 is 0 Å². The Morgan fingerprint density at radius 1 is 0.964 bits per heavy atom. The molecule has 1 aliphatic heterocycles. The van der Waals surface area contributed by atoms with Gasteiger partial charge < -0.3 is 15.0 Å². The third kappa shape index (κ3) is 3.44. The lowest BCUT2D eigenvalue weighted by Gasteiger charge is -2.28. The molecule has 1 fully saturated rings. The number of anilines is 3. The SMILES string of the molecule is c1ccc2c(-c3nccc(Nc4ccc(N5CCOCC5)cc4)n3)csc2c1. The van der Waals surface area contributed by atoms with Gasteiger partial charge in [-0.05, 0) is 36.4 Å². The molecule has 3 heterocycles. The largest absolute Gasteiger partial charge is 0.378 e. The molecule has 0 amide bonds. The molecule has 0 spiro atoms. The maximum Gasteiger partial charge on any atom is 0.162 e. The molecular weight excluding hydrogens is 368 g/mol. The third-order valence-electron chi connectivity index (χ3n) is 4.89. The van der Waals surface area contributed by atoms with Crippen molar-refractivity contribution in [3.8, 4) is 11.4 Å². The van der Waals surface area contributed by atoms with Gasteiger partial charge in [-0.25, -0.2) is 9.97 Å². The Morgan fingerprint density at radius 2 is 1.79 bits per heavy atom. The first kappa shape index (κ1) is 17.2. The quantitative estimate of drug-likeness (QED) is 0.537. The van der Waals surface area contributed by atoms with Crippen molar-refractivity contribution in [1.82, 2.24) is 9.97 Å². The van der Waals surface area contributed by atoms with Gasteiger partial charge in [-0.15, -0.1) is 11.3 Å². The third-order valence-corrected chi connectivity index (χ3v) is 5.86. The van der Waals surface area contributed by atoms with Crippen LogP contribution in [0, 0.1) is 0 Å². The summed E-state index contributed by atoms with van der Waals surface area (Å²) < 4.78 is 6.67. The molecule has 5 nitrogen and oxygen atoms in total. The maximum absolute atomic E-state index is 5.43. The Kier molecular flexibility index (Phi) is 4.64. The Labute approximate surface area is 167 Å². The number of nitrogens with one attached hydrogen (secondary N) is 1. The van der Waals surface area contributed by atoms with Crippen molar-refractivity contribution in [1.29, 1.82) is 0 Å². The highest BCUT2D eigenvalue weighted by molar-refractivity contribution is 7.17. The lowest BCUT2D eigenvalue weighted by Crippen LogP contribution is -2.36. The minimum atomic E-state index is 0.743. The van der Waals surface area contributed by atoms with Crippen LogP contribution >= 0.6 is 11.3 Å². The summed E-state index contributed by atoms with van der Waals surface area (Å²) in [4.78, 5) is 11.6. The molecular formula is C22H20N4OS. The summed E-state index contributed by atoms with van der Waals surface area (Å²) >= 11 is 1.72. The van der Waals surface area contributed by atoms with Gasteiger partial charge in [0.15, 0.2) is 5.82 Å². The zero-order chi connectivity index (χ0) is 18.8. The van der Waals surface area contributed by atoms with E-state index in [4.69, 9.17) is 9.72 Å². The number of fused-ring (bicyclic) bond motifs is 1. The zero-order valence-corrected chi connectivity index (χ0v) is 16.2. The van der Waals surface area contributed by atoms with Crippen LogP contribution in [-0.2, 0) is 4.74 Å². The molecule has 0 unspecified atom stereocenters. The molecule has 28 heavy (non-hydrogen) atoms.